The third kappa shape index (κ3) is 6.03. The van der Waals surface area contributed by atoms with Crippen LogP contribution in [0, 0.1) is 5.41 Å². The van der Waals surface area contributed by atoms with E-state index in [0.717, 1.165) is 25.7 Å². The van der Waals surface area contributed by atoms with Crippen molar-refractivity contribution in [3.63, 3.8) is 0 Å². The Morgan fingerprint density at radius 1 is 1.25 bits per heavy atom. The van der Waals surface area contributed by atoms with Crippen LogP contribution < -0.4 is 10.6 Å². The lowest BCUT2D eigenvalue weighted by atomic mass is 9.72. The predicted molar refractivity (Wildman–Crippen MR) is 82.1 cm³/mol. The van der Waals surface area contributed by atoms with Gasteiger partial charge in [-0.15, -0.1) is 0 Å². The van der Waals surface area contributed by atoms with Gasteiger partial charge in [-0.3, -0.25) is 4.79 Å². The normalized spacial score (nSPS) is 19.1. The van der Waals surface area contributed by atoms with Gasteiger partial charge in [-0.25, -0.2) is 4.79 Å². The Bertz CT molecular complexity index is 330. The van der Waals surface area contributed by atoms with Crippen LogP contribution >= 0.6 is 11.8 Å². The molecule has 1 aliphatic carbocycles. The Labute approximate surface area is 125 Å². The van der Waals surface area contributed by atoms with E-state index >= 15 is 0 Å². The molecule has 0 aromatic heterocycles. The minimum absolute atomic E-state index is 0.147. The molecule has 0 heterocycles. The van der Waals surface area contributed by atoms with Gasteiger partial charge in [-0.1, -0.05) is 26.2 Å². The molecule has 0 bridgehead atoms. The van der Waals surface area contributed by atoms with Crippen molar-refractivity contribution in [2.75, 3.05) is 19.3 Å². The first-order valence-corrected chi connectivity index (χ1v) is 8.52. The number of hydrogen-bond acceptors (Lipinski definition) is 3. The lowest BCUT2D eigenvalue weighted by molar-refractivity contribution is -0.140. The number of amides is 2. The van der Waals surface area contributed by atoms with Gasteiger partial charge in [0.1, 0.15) is 0 Å². The summed E-state index contributed by atoms with van der Waals surface area (Å²) in [5.74, 6) is -0.773. The summed E-state index contributed by atoms with van der Waals surface area (Å²) in [4.78, 5) is 22.8. The van der Waals surface area contributed by atoms with E-state index in [4.69, 9.17) is 5.11 Å². The molecule has 1 rings (SSSR count). The maximum Gasteiger partial charge on any atom is 0.314 e. The van der Waals surface area contributed by atoms with Gasteiger partial charge in [0, 0.05) is 18.3 Å². The van der Waals surface area contributed by atoms with Crippen LogP contribution in [0.5, 0.6) is 0 Å². The minimum atomic E-state index is -0.773. The number of nitrogens with one attached hydrogen (secondary N) is 2. The second-order valence-corrected chi connectivity index (χ2v) is 7.02. The maximum absolute atomic E-state index is 11.8. The molecule has 3 N–H and O–H groups in total. The molecule has 20 heavy (non-hydrogen) atoms. The first-order chi connectivity index (χ1) is 9.47. The van der Waals surface area contributed by atoms with Crippen molar-refractivity contribution in [2.45, 2.75) is 50.7 Å². The van der Waals surface area contributed by atoms with E-state index in [2.05, 4.69) is 17.6 Å². The fourth-order valence-corrected chi connectivity index (χ4v) is 2.94. The highest BCUT2D eigenvalue weighted by Crippen LogP contribution is 2.38. The molecule has 0 aliphatic heterocycles. The Balaban J connectivity index is 2.41. The highest BCUT2D eigenvalue weighted by atomic mass is 32.2. The van der Waals surface area contributed by atoms with Gasteiger partial charge >= 0.3 is 12.0 Å². The summed E-state index contributed by atoms with van der Waals surface area (Å²) in [5, 5.41) is 15.1. The maximum atomic E-state index is 11.8. The predicted octanol–water partition coefficient (Wildman–Crippen LogP) is 2.46. The highest BCUT2D eigenvalue weighted by Gasteiger charge is 2.34. The molecule has 6 heteroatoms. The van der Waals surface area contributed by atoms with Gasteiger partial charge in [-0.05, 0) is 24.5 Å². The zero-order chi connectivity index (χ0) is 15.0. The molecule has 1 saturated carbocycles. The molecular weight excluding hydrogens is 276 g/mol. The summed E-state index contributed by atoms with van der Waals surface area (Å²) >= 11 is 1.70. The van der Waals surface area contributed by atoms with E-state index in [-0.39, 0.29) is 17.9 Å². The van der Waals surface area contributed by atoms with E-state index in [1.165, 1.54) is 6.42 Å². The fraction of sp³-hybridized carbons (Fsp3) is 0.857. The van der Waals surface area contributed by atoms with E-state index in [1.807, 2.05) is 6.26 Å². The Morgan fingerprint density at radius 2 is 1.90 bits per heavy atom. The molecule has 2 amide bonds. The number of carbonyl (C=O) groups excluding carboxylic acids is 1. The first kappa shape index (κ1) is 17.1. The average Bonchev–Trinajstić information content (AvgIpc) is 2.43. The number of urea groups is 1. The Morgan fingerprint density at radius 3 is 2.45 bits per heavy atom. The average molecular weight is 302 g/mol. The van der Waals surface area contributed by atoms with Crippen LogP contribution in [0.3, 0.4) is 0 Å². The fourth-order valence-electron chi connectivity index (χ4n) is 2.69. The topological polar surface area (TPSA) is 78.4 Å². The summed E-state index contributed by atoms with van der Waals surface area (Å²) in [7, 11) is 0. The van der Waals surface area contributed by atoms with Crippen molar-refractivity contribution in [1.82, 2.24) is 10.6 Å². The number of carboxylic acid groups (broad SMARTS) is 1. The quantitative estimate of drug-likeness (QED) is 0.675. The summed E-state index contributed by atoms with van der Waals surface area (Å²) in [6, 6.07) is -0.193. The summed E-state index contributed by atoms with van der Waals surface area (Å²) in [5.41, 5.74) is -0.257. The van der Waals surface area contributed by atoms with E-state index in [1.54, 1.807) is 11.8 Å². The molecule has 116 valence electrons. The molecule has 0 aromatic rings. The number of aliphatic carboxylic acids is 1. The van der Waals surface area contributed by atoms with Crippen molar-refractivity contribution in [2.24, 2.45) is 5.41 Å². The van der Waals surface area contributed by atoms with Crippen LogP contribution in [0.1, 0.15) is 45.4 Å². The molecular formula is C14H26N2O3S. The molecule has 0 aromatic carbocycles. The summed E-state index contributed by atoms with van der Waals surface area (Å²) in [6.07, 6.45) is 7.21. The SMILES string of the molecule is CSC(C)CNC(=O)NCC1(CC(=O)O)CCCCC1. The highest BCUT2D eigenvalue weighted by molar-refractivity contribution is 7.99. The van der Waals surface area contributed by atoms with E-state index in [0.29, 0.717) is 18.3 Å². The van der Waals surface area contributed by atoms with Crippen molar-refractivity contribution in [3.05, 3.63) is 0 Å². The summed E-state index contributed by atoms with van der Waals surface area (Å²) in [6.45, 7) is 3.13. The van der Waals surface area contributed by atoms with Crippen LogP contribution in [0.15, 0.2) is 0 Å². The second-order valence-electron chi connectivity index (χ2n) is 5.74. The van der Waals surface area contributed by atoms with Gasteiger partial charge in [-0.2, -0.15) is 11.8 Å². The minimum Gasteiger partial charge on any atom is -0.481 e. The van der Waals surface area contributed by atoms with Crippen LogP contribution in [0.2, 0.25) is 0 Å². The van der Waals surface area contributed by atoms with Crippen molar-refractivity contribution < 1.29 is 14.7 Å². The molecule has 1 fully saturated rings. The lowest BCUT2D eigenvalue weighted by Crippen LogP contribution is -2.45. The first-order valence-electron chi connectivity index (χ1n) is 7.24. The van der Waals surface area contributed by atoms with Crippen molar-refractivity contribution in [1.29, 1.82) is 0 Å². The van der Waals surface area contributed by atoms with E-state index < -0.39 is 5.97 Å². The second kappa shape index (κ2) is 8.39. The number of hydrogen-bond donors (Lipinski definition) is 3. The summed E-state index contributed by atoms with van der Waals surface area (Å²) < 4.78 is 0. The van der Waals surface area contributed by atoms with Crippen molar-refractivity contribution >= 4 is 23.8 Å². The lowest BCUT2D eigenvalue weighted by Gasteiger charge is -2.36. The van der Waals surface area contributed by atoms with Crippen LogP contribution in [0.4, 0.5) is 4.79 Å². The third-order valence-corrected chi connectivity index (χ3v) is 4.99. The number of carbonyl (C=O) groups is 2. The number of carboxylic acids is 1. The smallest absolute Gasteiger partial charge is 0.314 e. The van der Waals surface area contributed by atoms with Crippen LogP contribution in [-0.4, -0.2) is 41.7 Å². The van der Waals surface area contributed by atoms with Crippen LogP contribution in [-0.2, 0) is 4.79 Å². The molecule has 0 saturated heterocycles. The zero-order valence-corrected chi connectivity index (χ0v) is 13.2. The monoisotopic (exact) mass is 302 g/mol. The van der Waals surface area contributed by atoms with Crippen LogP contribution in [0.25, 0.3) is 0 Å². The number of thioether (sulfide) groups is 1. The Hall–Kier alpha value is -0.910. The van der Waals surface area contributed by atoms with Gasteiger partial charge < -0.3 is 15.7 Å². The van der Waals surface area contributed by atoms with Crippen molar-refractivity contribution in [3.8, 4) is 0 Å². The molecule has 1 atom stereocenters. The molecule has 1 aliphatic rings. The van der Waals surface area contributed by atoms with Gasteiger partial charge in [0.2, 0.25) is 0 Å². The molecule has 1 unspecified atom stereocenters. The van der Waals surface area contributed by atoms with Gasteiger partial charge in [0.05, 0.1) is 6.42 Å². The van der Waals surface area contributed by atoms with Gasteiger partial charge in [0.25, 0.3) is 0 Å². The van der Waals surface area contributed by atoms with E-state index in [9.17, 15) is 9.59 Å². The third-order valence-electron chi connectivity index (χ3n) is 4.02. The molecule has 5 nitrogen and oxygen atoms in total. The standard InChI is InChI=1S/C14H26N2O3S/c1-11(20-2)9-15-13(19)16-10-14(8-12(17)18)6-4-3-5-7-14/h11H,3-10H2,1-2H3,(H,17,18)(H2,15,16,19). The largest absolute Gasteiger partial charge is 0.481 e. The molecule has 0 radical (unpaired) electrons. The zero-order valence-electron chi connectivity index (χ0n) is 12.4. The Kier molecular flexibility index (Phi) is 7.19. The van der Waals surface area contributed by atoms with Gasteiger partial charge in [0.15, 0.2) is 0 Å². The molecule has 0 spiro atoms. The number of rotatable bonds is 7.